The minimum absolute atomic E-state index is 0.344. The highest BCUT2D eigenvalue weighted by atomic mass is 79.9. The van der Waals surface area contributed by atoms with E-state index < -0.39 is 23.4 Å². The number of halogens is 1. The van der Waals surface area contributed by atoms with E-state index in [4.69, 9.17) is 4.74 Å². The number of carbonyl (C=O) groups excluding carboxylic acids is 3. The summed E-state index contributed by atoms with van der Waals surface area (Å²) in [5.74, 6) is -0.0887. The molecule has 0 aliphatic carbocycles. The van der Waals surface area contributed by atoms with Crippen LogP contribution in [0.5, 0.6) is 5.75 Å². The summed E-state index contributed by atoms with van der Waals surface area (Å²) in [4.78, 5) is 38.7. The quantitative estimate of drug-likeness (QED) is 0.600. The second-order valence-electron chi connectivity index (χ2n) is 7.53. The molecular formula is C22H24BrN3O4. The number of ether oxygens (including phenoxy) is 1. The van der Waals surface area contributed by atoms with Gasteiger partial charge in [-0.25, -0.2) is 4.79 Å². The summed E-state index contributed by atoms with van der Waals surface area (Å²) in [7, 11) is 1.60. The molecule has 3 rings (SSSR count). The number of aryl methyl sites for hydroxylation is 2. The van der Waals surface area contributed by atoms with Gasteiger partial charge in [-0.15, -0.1) is 0 Å². The van der Waals surface area contributed by atoms with Gasteiger partial charge in [0, 0.05) is 4.47 Å². The van der Waals surface area contributed by atoms with Gasteiger partial charge in [0.1, 0.15) is 17.8 Å². The number of rotatable bonds is 7. The average Bonchev–Trinajstić information content (AvgIpc) is 2.92. The molecule has 1 fully saturated rings. The number of anilines is 1. The largest absolute Gasteiger partial charge is 0.497 e. The fourth-order valence-electron chi connectivity index (χ4n) is 3.30. The van der Waals surface area contributed by atoms with Crippen LogP contribution < -0.4 is 15.4 Å². The van der Waals surface area contributed by atoms with Crippen molar-refractivity contribution in [1.82, 2.24) is 10.2 Å². The molecule has 0 spiro atoms. The monoisotopic (exact) mass is 473 g/mol. The van der Waals surface area contributed by atoms with Crippen LogP contribution in [0.4, 0.5) is 10.5 Å². The lowest BCUT2D eigenvalue weighted by Gasteiger charge is -2.21. The maximum atomic E-state index is 12.9. The van der Waals surface area contributed by atoms with Crippen molar-refractivity contribution >= 4 is 39.5 Å². The number of nitrogens with zero attached hydrogens (tertiary/aromatic N) is 1. The first kappa shape index (κ1) is 21.8. The third-order valence-corrected chi connectivity index (χ3v) is 5.77. The van der Waals surface area contributed by atoms with E-state index in [1.807, 2.05) is 43.3 Å². The number of hydrogen-bond acceptors (Lipinski definition) is 4. The molecule has 2 aromatic carbocycles. The first-order chi connectivity index (χ1) is 14.2. The third kappa shape index (κ3) is 4.81. The summed E-state index contributed by atoms with van der Waals surface area (Å²) >= 11 is 3.40. The predicted molar refractivity (Wildman–Crippen MR) is 117 cm³/mol. The SMILES string of the molecule is COc1ccc(CC[C@@]2(C)NC(=O)N(CC(=O)Nc3ccc(C)cc3Br)C2=O)cc1. The number of nitrogens with one attached hydrogen (secondary N) is 2. The normalized spacial score (nSPS) is 18.3. The van der Waals surface area contributed by atoms with Gasteiger partial charge in [0.05, 0.1) is 12.8 Å². The minimum Gasteiger partial charge on any atom is -0.497 e. The first-order valence-corrected chi connectivity index (χ1v) is 10.3. The summed E-state index contributed by atoms with van der Waals surface area (Å²) in [5.41, 5.74) is 1.60. The van der Waals surface area contributed by atoms with E-state index in [-0.39, 0.29) is 6.54 Å². The molecule has 0 saturated carbocycles. The topological polar surface area (TPSA) is 87.7 Å². The highest BCUT2D eigenvalue weighted by molar-refractivity contribution is 9.10. The number of hydrogen-bond donors (Lipinski definition) is 2. The van der Waals surface area contributed by atoms with Crippen LogP contribution in [-0.4, -0.2) is 41.9 Å². The Balaban J connectivity index is 1.62. The van der Waals surface area contributed by atoms with E-state index in [1.165, 1.54) is 0 Å². The lowest BCUT2D eigenvalue weighted by Crippen LogP contribution is -2.45. The molecule has 4 amide bonds. The van der Waals surface area contributed by atoms with Crippen LogP contribution in [0.2, 0.25) is 0 Å². The van der Waals surface area contributed by atoms with E-state index in [0.29, 0.717) is 18.5 Å². The molecule has 2 N–H and O–H groups in total. The lowest BCUT2D eigenvalue weighted by molar-refractivity contribution is -0.133. The van der Waals surface area contributed by atoms with Gasteiger partial charge in [0.2, 0.25) is 5.91 Å². The fraction of sp³-hybridized carbons (Fsp3) is 0.318. The fourth-order valence-corrected chi connectivity index (χ4v) is 3.89. The van der Waals surface area contributed by atoms with Gasteiger partial charge in [-0.1, -0.05) is 18.2 Å². The number of imide groups is 1. The number of benzene rings is 2. The van der Waals surface area contributed by atoms with Gasteiger partial charge >= 0.3 is 6.03 Å². The van der Waals surface area contributed by atoms with Crippen molar-refractivity contribution in [2.24, 2.45) is 0 Å². The molecule has 1 aliphatic rings. The molecule has 1 saturated heterocycles. The smallest absolute Gasteiger partial charge is 0.325 e. The second-order valence-corrected chi connectivity index (χ2v) is 8.39. The van der Waals surface area contributed by atoms with Crippen molar-refractivity contribution in [1.29, 1.82) is 0 Å². The lowest BCUT2D eigenvalue weighted by atomic mass is 9.93. The Morgan fingerprint density at radius 3 is 2.53 bits per heavy atom. The van der Waals surface area contributed by atoms with E-state index in [9.17, 15) is 14.4 Å². The standard InChI is InChI=1S/C22H24BrN3O4/c1-14-4-9-18(17(23)12-14)24-19(27)13-26-20(28)22(2,25-21(26)29)11-10-15-5-7-16(30-3)8-6-15/h4-9,12H,10-11,13H2,1-3H3,(H,24,27)(H,25,29)/t22-/m1/s1. The Hall–Kier alpha value is -2.87. The molecule has 7 nitrogen and oxygen atoms in total. The van der Waals surface area contributed by atoms with Crippen molar-refractivity contribution < 1.29 is 19.1 Å². The Kier molecular flexibility index (Phi) is 6.45. The van der Waals surface area contributed by atoms with Crippen molar-refractivity contribution in [2.45, 2.75) is 32.2 Å². The summed E-state index contributed by atoms with van der Waals surface area (Å²) < 4.78 is 5.88. The Morgan fingerprint density at radius 2 is 1.90 bits per heavy atom. The van der Waals surface area contributed by atoms with Gasteiger partial charge in [-0.3, -0.25) is 14.5 Å². The van der Waals surface area contributed by atoms with Crippen LogP contribution in [0.25, 0.3) is 0 Å². The molecule has 0 unspecified atom stereocenters. The highest BCUT2D eigenvalue weighted by Crippen LogP contribution is 2.25. The van der Waals surface area contributed by atoms with Gasteiger partial charge in [-0.05, 0) is 78.0 Å². The summed E-state index contributed by atoms with van der Waals surface area (Å²) in [6.45, 7) is 3.28. The third-order valence-electron chi connectivity index (χ3n) is 5.12. The molecule has 1 aliphatic heterocycles. The summed E-state index contributed by atoms with van der Waals surface area (Å²) in [6, 6.07) is 12.5. The molecule has 2 aromatic rings. The van der Waals surface area contributed by atoms with Crippen LogP contribution in [0.15, 0.2) is 46.9 Å². The molecule has 1 atom stereocenters. The number of carbonyl (C=O) groups is 3. The Bertz CT molecular complexity index is 977. The maximum absolute atomic E-state index is 12.9. The zero-order valence-electron chi connectivity index (χ0n) is 17.1. The molecule has 158 valence electrons. The second kappa shape index (κ2) is 8.87. The molecule has 0 aromatic heterocycles. The number of methoxy groups -OCH3 is 1. The molecule has 0 bridgehead atoms. The van der Waals surface area contributed by atoms with E-state index in [2.05, 4.69) is 26.6 Å². The van der Waals surface area contributed by atoms with Gasteiger partial charge in [-0.2, -0.15) is 0 Å². The van der Waals surface area contributed by atoms with Crippen LogP contribution >= 0.6 is 15.9 Å². The molecule has 0 radical (unpaired) electrons. The zero-order valence-corrected chi connectivity index (χ0v) is 18.7. The average molecular weight is 474 g/mol. The van der Waals surface area contributed by atoms with Gasteiger partial charge in [0.25, 0.3) is 5.91 Å². The molecular weight excluding hydrogens is 450 g/mol. The van der Waals surface area contributed by atoms with E-state index in [0.717, 1.165) is 26.2 Å². The Morgan fingerprint density at radius 1 is 1.20 bits per heavy atom. The minimum atomic E-state index is -1.05. The number of urea groups is 1. The summed E-state index contributed by atoms with van der Waals surface area (Å²) in [6.07, 6.45) is 1.02. The molecule has 1 heterocycles. The van der Waals surface area contributed by atoms with E-state index in [1.54, 1.807) is 20.1 Å². The van der Waals surface area contributed by atoms with E-state index >= 15 is 0 Å². The van der Waals surface area contributed by atoms with Gasteiger partial charge < -0.3 is 15.4 Å². The highest BCUT2D eigenvalue weighted by Gasteiger charge is 2.47. The van der Waals surface area contributed by atoms with Crippen molar-refractivity contribution in [3.05, 3.63) is 58.1 Å². The van der Waals surface area contributed by atoms with Crippen molar-refractivity contribution in [2.75, 3.05) is 19.0 Å². The first-order valence-electron chi connectivity index (χ1n) is 9.55. The Labute approximate surface area is 183 Å². The maximum Gasteiger partial charge on any atom is 0.325 e. The zero-order chi connectivity index (χ0) is 21.9. The van der Waals surface area contributed by atoms with Crippen LogP contribution in [0.3, 0.4) is 0 Å². The summed E-state index contributed by atoms with van der Waals surface area (Å²) in [5, 5.41) is 5.46. The van der Waals surface area contributed by atoms with Crippen LogP contribution in [0.1, 0.15) is 24.5 Å². The van der Waals surface area contributed by atoms with Crippen LogP contribution in [0, 0.1) is 6.92 Å². The molecule has 8 heteroatoms. The van der Waals surface area contributed by atoms with Crippen LogP contribution in [-0.2, 0) is 16.0 Å². The van der Waals surface area contributed by atoms with Crippen molar-refractivity contribution in [3.63, 3.8) is 0 Å². The van der Waals surface area contributed by atoms with Gasteiger partial charge in [0.15, 0.2) is 0 Å². The predicted octanol–water partition coefficient (Wildman–Crippen LogP) is 3.65. The molecule has 30 heavy (non-hydrogen) atoms. The number of amides is 4. The van der Waals surface area contributed by atoms with Crippen molar-refractivity contribution in [3.8, 4) is 5.75 Å².